The third-order valence-corrected chi connectivity index (χ3v) is 10.4. The summed E-state index contributed by atoms with van der Waals surface area (Å²) in [6, 6.07) is 26.3. The van der Waals surface area contributed by atoms with Crippen molar-refractivity contribution in [2.45, 2.75) is 37.8 Å². The van der Waals surface area contributed by atoms with Crippen LogP contribution in [-0.2, 0) is 13.0 Å². The van der Waals surface area contributed by atoms with E-state index in [0.717, 1.165) is 42.0 Å². The molecule has 2 aliphatic rings. The molecule has 3 aromatic carbocycles. The van der Waals surface area contributed by atoms with Crippen molar-refractivity contribution in [3.63, 3.8) is 0 Å². The summed E-state index contributed by atoms with van der Waals surface area (Å²) in [6.45, 7) is 1.27. The summed E-state index contributed by atoms with van der Waals surface area (Å²) in [5, 5.41) is 3.70. The predicted molar refractivity (Wildman–Crippen MR) is 182 cm³/mol. The third kappa shape index (κ3) is 4.95. The van der Waals surface area contributed by atoms with Crippen LogP contribution in [0.25, 0.3) is 43.1 Å². The number of ether oxygens (including phenoxy) is 1. The molecule has 3 atom stereocenters. The van der Waals surface area contributed by atoms with Crippen molar-refractivity contribution in [2.24, 2.45) is 5.92 Å². The van der Waals surface area contributed by atoms with Crippen LogP contribution in [0.1, 0.15) is 29.9 Å². The van der Waals surface area contributed by atoms with E-state index >= 15 is 0 Å². The van der Waals surface area contributed by atoms with Gasteiger partial charge in [-0.05, 0) is 48.9 Å². The molecule has 6 aromatic rings. The summed E-state index contributed by atoms with van der Waals surface area (Å²) in [6.07, 6.45) is 2.78. The Kier molecular flexibility index (Phi) is 7.77. The number of aromatic nitrogens is 4. The van der Waals surface area contributed by atoms with Gasteiger partial charge in [-0.3, -0.25) is 9.36 Å². The van der Waals surface area contributed by atoms with E-state index in [4.69, 9.17) is 14.7 Å². The summed E-state index contributed by atoms with van der Waals surface area (Å²) in [5.74, 6) is 1.81. The first kappa shape index (κ1) is 29.4. The van der Waals surface area contributed by atoms with Gasteiger partial charge in [0.2, 0.25) is 0 Å². The van der Waals surface area contributed by atoms with E-state index in [-0.39, 0.29) is 24.0 Å². The number of hydrogen-bond acceptors (Lipinski definition) is 7. The molecule has 1 aliphatic carbocycles. The number of H-pyrrole nitrogens is 1. The van der Waals surface area contributed by atoms with Crippen LogP contribution in [-0.4, -0.2) is 39.2 Å². The standard InChI is InChI=1S/C35H31N5O3S.ClH/c1-43-26-14-8-13-24-23(26)16-15-22-19-36-25(27(22)24)17-18-40-34(41)32-30(39-35(40)42)31-33(44-32)38-29(21-11-6-3-7-12-21)28(37-31)20-9-4-2-5-10-20;/h2-14,22,25,27,36H,15-19H2,1H3,(H,39,42);1H/t22-,25?,27+;/m0./s1. The number of methoxy groups -OCH3 is 1. The SMILES string of the molecule is COc1cccc2c1CC[C@H]1CNC(CCn3c(=O)[nH]c4c(sc5nc(-c6ccccc6)c(-c6ccccc6)nc54)c3=O)[C@@H]21.Cl. The number of nitrogens with one attached hydrogen (secondary N) is 2. The van der Waals surface area contributed by atoms with Gasteiger partial charge in [-0.2, -0.15) is 0 Å². The van der Waals surface area contributed by atoms with Crippen molar-refractivity contribution in [1.82, 2.24) is 24.8 Å². The maximum atomic E-state index is 13.9. The Labute approximate surface area is 269 Å². The Morgan fingerprint density at radius 1 is 0.933 bits per heavy atom. The highest BCUT2D eigenvalue weighted by molar-refractivity contribution is 7.25. The molecule has 0 amide bonds. The average Bonchev–Trinajstić information content (AvgIpc) is 3.66. The maximum absolute atomic E-state index is 13.9. The fourth-order valence-corrected chi connectivity index (χ4v) is 8.26. The molecule has 0 saturated carbocycles. The molecule has 8 rings (SSSR count). The predicted octanol–water partition coefficient (Wildman–Crippen LogP) is 6.17. The molecule has 0 bridgehead atoms. The second-order valence-electron chi connectivity index (χ2n) is 11.7. The first-order chi connectivity index (χ1) is 21.6. The molecule has 0 radical (unpaired) electrons. The zero-order valence-electron chi connectivity index (χ0n) is 24.7. The number of nitrogens with zero attached hydrogens (tertiary/aromatic N) is 3. The lowest BCUT2D eigenvalue weighted by Gasteiger charge is -2.32. The monoisotopic (exact) mass is 637 g/mol. The molecule has 1 saturated heterocycles. The minimum Gasteiger partial charge on any atom is -0.496 e. The Bertz CT molecular complexity index is 2140. The number of halogens is 1. The number of benzene rings is 3. The Hall–Kier alpha value is -4.31. The van der Waals surface area contributed by atoms with Gasteiger partial charge in [0.1, 0.15) is 20.8 Å². The van der Waals surface area contributed by atoms with Gasteiger partial charge in [-0.25, -0.2) is 14.8 Å². The van der Waals surface area contributed by atoms with Gasteiger partial charge < -0.3 is 15.0 Å². The smallest absolute Gasteiger partial charge is 0.328 e. The van der Waals surface area contributed by atoms with Crippen LogP contribution in [0.5, 0.6) is 5.75 Å². The van der Waals surface area contributed by atoms with Gasteiger partial charge in [0.25, 0.3) is 5.56 Å². The Morgan fingerprint density at radius 3 is 2.36 bits per heavy atom. The molecule has 2 N–H and O–H groups in total. The van der Waals surface area contributed by atoms with Crippen molar-refractivity contribution in [1.29, 1.82) is 0 Å². The quantitative estimate of drug-likeness (QED) is 0.227. The van der Waals surface area contributed by atoms with Crippen molar-refractivity contribution >= 4 is 44.3 Å². The molecule has 228 valence electrons. The van der Waals surface area contributed by atoms with Crippen molar-refractivity contribution in [2.75, 3.05) is 13.7 Å². The van der Waals surface area contributed by atoms with Crippen LogP contribution in [0.15, 0.2) is 88.5 Å². The van der Waals surface area contributed by atoms with Crippen LogP contribution in [0, 0.1) is 5.92 Å². The second-order valence-corrected chi connectivity index (χ2v) is 12.7. The maximum Gasteiger partial charge on any atom is 0.328 e. The molecule has 45 heavy (non-hydrogen) atoms. The summed E-state index contributed by atoms with van der Waals surface area (Å²) in [5.41, 5.74) is 6.20. The van der Waals surface area contributed by atoms with Crippen molar-refractivity contribution in [3.8, 4) is 28.3 Å². The first-order valence-corrected chi connectivity index (χ1v) is 15.9. The van der Waals surface area contributed by atoms with Gasteiger partial charge in [0, 0.05) is 29.6 Å². The fourth-order valence-electron chi connectivity index (χ4n) is 7.23. The first-order valence-electron chi connectivity index (χ1n) is 15.1. The van der Waals surface area contributed by atoms with Gasteiger partial charge in [0.05, 0.1) is 24.0 Å². The van der Waals surface area contributed by atoms with E-state index in [2.05, 4.69) is 22.4 Å². The molecule has 8 nitrogen and oxygen atoms in total. The Morgan fingerprint density at radius 2 is 1.64 bits per heavy atom. The molecular formula is C35H32ClN5O3S. The number of hydrogen-bond donors (Lipinski definition) is 2. The highest BCUT2D eigenvalue weighted by atomic mass is 35.5. The van der Waals surface area contributed by atoms with Gasteiger partial charge in [-0.15, -0.1) is 23.7 Å². The zero-order valence-corrected chi connectivity index (χ0v) is 26.3. The fraction of sp³-hybridized carbons (Fsp3) is 0.257. The number of aromatic amines is 1. The molecular weight excluding hydrogens is 606 g/mol. The molecule has 10 heteroatoms. The lowest BCUT2D eigenvalue weighted by Crippen LogP contribution is -2.37. The summed E-state index contributed by atoms with van der Waals surface area (Å²) in [7, 11) is 1.73. The van der Waals surface area contributed by atoms with E-state index in [0.29, 0.717) is 51.1 Å². The minimum atomic E-state index is -0.419. The van der Waals surface area contributed by atoms with E-state index in [1.165, 1.54) is 27.0 Å². The van der Waals surface area contributed by atoms with Gasteiger partial charge in [-0.1, -0.05) is 72.8 Å². The highest BCUT2D eigenvalue weighted by Gasteiger charge is 2.40. The van der Waals surface area contributed by atoms with E-state index in [1.807, 2.05) is 66.7 Å². The second kappa shape index (κ2) is 11.9. The van der Waals surface area contributed by atoms with Crippen molar-refractivity contribution < 1.29 is 4.74 Å². The largest absolute Gasteiger partial charge is 0.496 e. The normalized spacial score (nSPS) is 18.8. The van der Waals surface area contributed by atoms with Crippen LogP contribution in [0.4, 0.5) is 0 Å². The number of thiophene rings is 1. The summed E-state index contributed by atoms with van der Waals surface area (Å²) >= 11 is 1.29. The molecule has 1 unspecified atom stereocenters. The molecule has 0 spiro atoms. The summed E-state index contributed by atoms with van der Waals surface area (Å²) < 4.78 is 7.48. The van der Waals surface area contributed by atoms with Gasteiger partial charge >= 0.3 is 5.69 Å². The van der Waals surface area contributed by atoms with Crippen LogP contribution >= 0.6 is 23.7 Å². The van der Waals surface area contributed by atoms with Gasteiger partial charge in [0.15, 0.2) is 0 Å². The van der Waals surface area contributed by atoms with E-state index in [9.17, 15) is 9.59 Å². The van der Waals surface area contributed by atoms with E-state index < -0.39 is 5.69 Å². The average molecular weight is 638 g/mol. The molecule has 4 heterocycles. The number of rotatable bonds is 6. The minimum absolute atomic E-state index is 0. The molecule has 1 fully saturated rings. The topological polar surface area (TPSA) is 102 Å². The lowest BCUT2D eigenvalue weighted by molar-refractivity contribution is 0.371. The highest BCUT2D eigenvalue weighted by Crippen LogP contribution is 2.45. The number of fused-ring (bicyclic) bond motifs is 6. The van der Waals surface area contributed by atoms with Crippen molar-refractivity contribution in [3.05, 3.63) is 111 Å². The zero-order chi connectivity index (χ0) is 29.8. The van der Waals surface area contributed by atoms with Crippen LogP contribution in [0.2, 0.25) is 0 Å². The molecule has 3 aromatic heterocycles. The molecule has 1 aliphatic heterocycles. The third-order valence-electron chi connectivity index (χ3n) is 9.30. The Balaban J connectivity index is 0.00000325. The van der Waals surface area contributed by atoms with E-state index in [1.54, 1.807) is 7.11 Å². The van der Waals surface area contributed by atoms with Crippen LogP contribution < -0.4 is 21.3 Å². The summed E-state index contributed by atoms with van der Waals surface area (Å²) in [4.78, 5) is 41.0. The van der Waals surface area contributed by atoms with Crippen LogP contribution in [0.3, 0.4) is 0 Å². The lowest BCUT2D eigenvalue weighted by atomic mass is 9.73.